The molecule has 0 aliphatic rings. The summed E-state index contributed by atoms with van der Waals surface area (Å²) in [5, 5.41) is 3.47. The molecule has 0 aromatic heterocycles. The quantitative estimate of drug-likeness (QED) is 0.637. The van der Waals surface area contributed by atoms with Gasteiger partial charge in [0, 0.05) is 0 Å². The Morgan fingerprint density at radius 3 is 2.25 bits per heavy atom. The first-order valence-corrected chi connectivity index (χ1v) is 6.83. The van der Waals surface area contributed by atoms with Crippen LogP contribution < -0.4 is 0 Å². The SMILES string of the molecule is CS(=O)(=O)ON=C(Cl)c1c(Cl)cccc1Cl. The van der Waals surface area contributed by atoms with Gasteiger partial charge in [0.1, 0.15) is 0 Å². The van der Waals surface area contributed by atoms with Crippen molar-refractivity contribution in [3.05, 3.63) is 33.8 Å². The van der Waals surface area contributed by atoms with Gasteiger partial charge >= 0.3 is 10.1 Å². The van der Waals surface area contributed by atoms with Gasteiger partial charge in [0.15, 0.2) is 5.17 Å². The summed E-state index contributed by atoms with van der Waals surface area (Å²) in [4.78, 5) is 0. The molecule has 8 heteroatoms. The number of hydrogen-bond acceptors (Lipinski definition) is 4. The molecular formula is C8H6Cl3NO3S. The summed E-state index contributed by atoms with van der Waals surface area (Å²) >= 11 is 17.4. The molecule has 0 unspecified atom stereocenters. The van der Waals surface area contributed by atoms with Gasteiger partial charge in [0.05, 0.1) is 21.9 Å². The molecule has 0 saturated heterocycles. The number of hydrogen-bond donors (Lipinski definition) is 0. The Morgan fingerprint density at radius 1 is 1.31 bits per heavy atom. The third-order valence-electron chi connectivity index (χ3n) is 1.42. The van der Waals surface area contributed by atoms with E-state index >= 15 is 0 Å². The summed E-state index contributed by atoms with van der Waals surface area (Å²) in [5.41, 5.74) is 0.219. The van der Waals surface area contributed by atoms with E-state index in [1.807, 2.05) is 0 Å². The van der Waals surface area contributed by atoms with Crippen LogP contribution in [0, 0.1) is 0 Å². The van der Waals surface area contributed by atoms with Crippen molar-refractivity contribution < 1.29 is 12.7 Å². The van der Waals surface area contributed by atoms with Crippen molar-refractivity contribution >= 4 is 50.1 Å². The van der Waals surface area contributed by atoms with Gasteiger partial charge in [-0.2, -0.15) is 8.42 Å². The van der Waals surface area contributed by atoms with Crippen LogP contribution >= 0.6 is 34.8 Å². The van der Waals surface area contributed by atoms with Crippen LogP contribution in [0.1, 0.15) is 5.56 Å². The van der Waals surface area contributed by atoms with Crippen molar-refractivity contribution in [1.82, 2.24) is 0 Å². The minimum absolute atomic E-state index is 0.219. The largest absolute Gasteiger partial charge is 0.325 e. The molecule has 0 aliphatic heterocycles. The van der Waals surface area contributed by atoms with Crippen molar-refractivity contribution in [2.75, 3.05) is 6.26 Å². The van der Waals surface area contributed by atoms with E-state index in [9.17, 15) is 8.42 Å². The van der Waals surface area contributed by atoms with Crippen molar-refractivity contribution in [1.29, 1.82) is 0 Å². The van der Waals surface area contributed by atoms with E-state index in [0.29, 0.717) is 0 Å². The molecule has 0 spiro atoms. The van der Waals surface area contributed by atoms with Gasteiger partial charge in [0.2, 0.25) is 0 Å². The van der Waals surface area contributed by atoms with Crippen LogP contribution in [-0.4, -0.2) is 19.8 Å². The van der Waals surface area contributed by atoms with E-state index < -0.39 is 10.1 Å². The molecule has 0 N–H and O–H groups in total. The molecule has 4 nitrogen and oxygen atoms in total. The summed E-state index contributed by atoms with van der Waals surface area (Å²) in [5.74, 6) is 0. The second-order valence-corrected chi connectivity index (χ2v) is 5.49. The zero-order valence-electron chi connectivity index (χ0n) is 7.95. The molecule has 0 fully saturated rings. The Hall–Kier alpha value is -0.490. The summed E-state index contributed by atoms with van der Waals surface area (Å²) in [6.07, 6.45) is 0.842. The average molecular weight is 303 g/mol. The standard InChI is InChI=1S/C8H6Cl3NO3S/c1-16(13,14)15-12-8(11)7-5(9)3-2-4-6(7)10/h2-4H,1H3. The Balaban J connectivity index is 3.10. The van der Waals surface area contributed by atoms with Gasteiger partial charge in [0.25, 0.3) is 0 Å². The van der Waals surface area contributed by atoms with E-state index in [2.05, 4.69) is 9.44 Å². The fourth-order valence-electron chi connectivity index (χ4n) is 0.841. The lowest BCUT2D eigenvalue weighted by Gasteiger charge is -2.03. The van der Waals surface area contributed by atoms with Crippen LogP contribution in [-0.2, 0) is 14.4 Å². The third-order valence-corrected chi connectivity index (χ3v) is 2.66. The maximum Gasteiger partial charge on any atom is 0.325 e. The molecular weight excluding hydrogens is 297 g/mol. The first-order chi connectivity index (χ1) is 7.31. The van der Waals surface area contributed by atoms with Crippen molar-refractivity contribution in [2.24, 2.45) is 5.16 Å². The molecule has 0 radical (unpaired) electrons. The average Bonchev–Trinajstić information content (AvgIpc) is 2.13. The molecule has 0 aliphatic carbocycles. The maximum absolute atomic E-state index is 10.7. The predicted octanol–water partition coefficient (Wildman–Crippen LogP) is 2.87. The van der Waals surface area contributed by atoms with Crippen LogP contribution in [0.15, 0.2) is 23.4 Å². The normalized spacial score (nSPS) is 12.6. The van der Waals surface area contributed by atoms with Gasteiger partial charge < -0.3 is 0 Å². The first kappa shape index (κ1) is 13.6. The van der Waals surface area contributed by atoms with Crippen LogP contribution in [0.25, 0.3) is 0 Å². The fourth-order valence-corrected chi connectivity index (χ4v) is 2.00. The minimum atomic E-state index is -3.71. The van der Waals surface area contributed by atoms with Gasteiger partial charge in [-0.15, -0.1) is 0 Å². The summed E-state index contributed by atoms with van der Waals surface area (Å²) in [7, 11) is -3.71. The van der Waals surface area contributed by atoms with Crippen molar-refractivity contribution in [3.8, 4) is 0 Å². The smallest absolute Gasteiger partial charge is 0.267 e. The van der Waals surface area contributed by atoms with E-state index in [0.717, 1.165) is 6.26 Å². The maximum atomic E-state index is 10.7. The fraction of sp³-hybridized carbons (Fsp3) is 0.125. The van der Waals surface area contributed by atoms with Crippen LogP contribution in [0.3, 0.4) is 0 Å². The minimum Gasteiger partial charge on any atom is -0.267 e. The van der Waals surface area contributed by atoms with Gasteiger partial charge in [-0.3, -0.25) is 4.28 Å². The lowest BCUT2D eigenvalue weighted by Crippen LogP contribution is -2.01. The highest BCUT2D eigenvalue weighted by molar-refractivity contribution is 7.85. The van der Waals surface area contributed by atoms with Crippen molar-refractivity contribution in [3.63, 3.8) is 0 Å². The highest BCUT2D eigenvalue weighted by Gasteiger charge is 2.12. The molecule has 88 valence electrons. The number of benzene rings is 1. The highest BCUT2D eigenvalue weighted by atomic mass is 35.5. The second kappa shape index (κ2) is 5.23. The van der Waals surface area contributed by atoms with Gasteiger partial charge in [-0.05, 0) is 12.1 Å². The van der Waals surface area contributed by atoms with E-state index in [1.165, 1.54) is 0 Å². The molecule has 1 aromatic rings. The topological polar surface area (TPSA) is 55.7 Å². The molecule has 0 heterocycles. The number of oxime groups is 1. The summed E-state index contributed by atoms with van der Waals surface area (Å²) in [6, 6.07) is 4.71. The predicted molar refractivity (Wildman–Crippen MR) is 64.8 cm³/mol. The molecule has 0 amide bonds. The Labute approximate surface area is 108 Å². The van der Waals surface area contributed by atoms with E-state index in [4.69, 9.17) is 34.8 Å². The zero-order valence-corrected chi connectivity index (χ0v) is 11.0. The van der Waals surface area contributed by atoms with Crippen LogP contribution in [0.5, 0.6) is 0 Å². The molecule has 16 heavy (non-hydrogen) atoms. The zero-order chi connectivity index (χ0) is 12.3. The van der Waals surface area contributed by atoms with E-state index in [-0.39, 0.29) is 20.8 Å². The van der Waals surface area contributed by atoms with E-state index in [1.54, 1.807) is 18.2 Å². The number of halogens is 3. The van der Waals surface area contributed by atoms with Crippen LogP contribution in [0.2, 0.25) is 10.0 Å². The molecule has 0 bridgehead atoms. The molecule has 0 saturated carbocycles. The summed E-state index contributed by atoms with van der Waals surface area (Å²) in [6.45, 7) is 0. The van der Waals surface area contributed by atoms with Gasteiger partial charge in [-0.25, -0.2) is 0 Å². The number of rotatable bonds is 3. The summed E-state index contributed by atoms with van der Waals surface area (Å²) < 4.78 is 25.5. The first-order valence-electron chi connectivity index (χ1n) is 3.88. The monoisotopic (exact) mass is 301 g/mol. The second-order valence-electron chi connectivity index (χ2n) is 2.76. The lowest BCUT2D eigenvalue weighted by molar-refractivity contribution is 0.344. The Kier molecular flexibility index (Phi) is 4.43. The lowest BCUT2D eigenvalue weighted by atomic mass is 10.2. The van der Waals surface area contributed by atoms with Gasteiger partial charge in [-0.1, -0.05) is 46.0 Å². The Morgan fingerprint density at radius 2 is 1.81 bits per heavy atom. The van der Waals surface area contributed by atoms with Crippen LogP contribution in [0.4, 0.5) is 0 Å². The third kappa shape index (κ3) is 3.83. The van der Waals surface area contributed by atoms with Crippen molar-refractivity contribution in [2.45, 2.75) is 0 Å². The Bertz CT molecular complexity index is 507. The molecule has 1 rings (SSSR count). The number of nitrogens with zero attached hydrogens (tertiary/aromatic N) is 1. The highest BCUT2D eigenvalue weighted by Crippen LogP contribution is 2.26. The molecule has 0 atom stereocenters. The molecule has 1 aromatic carbocycles.